The van der Waals surface area contributed by atoms with Crippen LogP contribution in [0.3, 0.4) is 0 Å². The lowest BCUT2D eigenvalue weighted by molar-refractivity contribution is -0.148. The second kappa shape index (κ2) is 9.27. The molecule has 4 aliphatic rings. The number of allylic oxidation sites excluding steroid dienone is 1. The molecule has 1 aromatic rings. The van der Waals surface area contributed by atoms with Crippen molar-refractivity contribution in [2.45, 2.75) is 50.3 Å². The average Bonchev–Trinajstić information content (AvgIpc) is 3.69. The van der Waals surface area contributed by atoms with Crippen molar-refractivity contribution in [3.05, 3.63) is 51.5 Å². The minimum absolute atomic E-state index is 0.00644. The molecule has 0 spiro atoms. The largest absolute Gasteiger partial charge is 0.510 e. The molecule has 4 aliphatic carbocycles. The number of fused-ring (bicyclic) bond motifs is 3. The number of aliphatic hydroxyl groups is 3. The fraction of sp³-hybridized carbons (Fsp3) is 0.464. The highest BCUT2D eigenvalue weighted by atomic mass is 16.3. The van der Waals surface area contributed by atoms with E-state index in [9.17, 15) is 44.4 Å². The summed E-state index contributed by atoms with van der Waals surface area (Å²) in [7, 11) is 3.09. The number of nitrogens with zero attached hydrogens (tertiary/aromatic N) is 2. The number of aromatic hydroxyl groups is 1. The first kappa shape index (κ1) is 27.5. The lowest BCUT2D eigenvalue weighted by Crippen LogP contribution is -2.63. The maximum absolute atomic E-state index is 13.8. The van der Waals surface area contributed by atoms with Gasteiger partial charge in [-0.3, -0.25) is 28.9 Å². The van der Waals surface area contributed by atoms with Gasteiger partial charge in [0.15, 0.2) is 17.2 Å². The van der Waals surface area contributed by atoms with Crippen LogP contribution in [0.2, 0.25) is 0 Å². The van der Waals surface area contributed by atoms with Gasteiger partial charge in [0, 0.05) is 30.0 Å². The van der Waals surface area contributed by atoms with E-state index in [1.165, 1.54) is 28.9 Å². The zero-order valence-electron chi connectivity index (χ0n) is 22.3. The molecule has 4 atom stereocenters. The highest BCUT2D eigenvalue weighted by Crippen LogP contribution is 2.52. The number of likely N-dealkylation sites (N-methyl/N-ethyl adjacent to an activating group) is 1. The molecule has 0 aromatic heterocycles. The van der Waals surface area contributed by atoms with E-state index >= 15 is 0 Å². The highest BCUT2D eigenvalue weighted by molar-refractivity contribution is 6.25. The average molecular weight is 554 g/mol. The zero-order chi connectivity index (χ0) is 29.4. The molecule has 1 aromatic carbocycles. The number of carbonyl (C=O) groups is 5. The summed E-state index contributed by atoms with van der Waals surface area (Å²) in [6.45, 7) is 1.18. The molecule has 2 amide bonds. The van der Waals surface area contributed by atoms with Gasteiger partial charge in [-0.1, -0.05) is 0 Å². The van der Waals surface area contributed by atoms with Crippen LogP contribution in [-0.4, -0.2) is 97.7 Å². The van der Waals surface area contributed by atoms with E-state index in [4.69, 9.17) is 5.73 Å². The Labute approximate surface area is 229 Å². The number of Topliss-reactive ketones (excluding diaryl/α,β-unsaturated/α-hetero) is 3. The molecule has 40 heavy (non-hydrogen) atoms. The molecule has 0 saturated heterocycles. The SMILES string of the molecule is CC(=O)N(CC(=O)c1ccc(O)c2c1C[C@H]1C[C@H]3[C@H](N(C)C)C(O)=C(C(N)=O)C(=O)[C@@]3(O)C(O)=C1C2=O)C1CC1. The predicted molar refractivity (Wildman–Crippen MR) is 138 cm³/mol. The molecule has 1 saturated carbocycles. The number of phenols is 1. The number of phenolic OH excluding ortho intramolecular Hbond substituents is 1. The van der Waals surface area contributed by atoms with Gasteiger partial charge in [-0.2, -0.15) is 0 Å². The first-order valence-electron chi connectivity index (χ1n) is 13.0. The monoisotopic (exact) mass is 553 g/mol. The van der Waals surface area contributed by atoms with E-state index in [2.05, 4.69) is 0 Å². The minimum atomic E-state index is -2.74. The van der Waals surface area contributed by atoms with E-state index in [0.717, 1.165) is 12.8 Å². The van der Waals surface area contributed by atoms with Gasteiger partial charge < -0.3 is 31.1 Å². The van der Waals surface area contributed by atoms with E-state index in [-0.39, 0.29) is 53.6 Å². The predicted octanol–water partition coefficient (Wildman–Crippen LogP) is 0.314. The van der Waals surface area contributed by atoms with Gasteiger partial charge in [0.25, 0.3) is 5.91 Å². The maximum Gasteiger partial charge on any atom is 0.255 e. The van der Waals surface area contributed by atoms with Crippen LogP contribution in [0.1, 0.15) is 52.5 Å². The summed E-state index contributed by atoms with van der Waals surface area (Å²) in [5.74, 6) is -8.21. The summed E-state index contributed by atoms with van der Waals surface area (Å²) in [6, 6.07) is 1.44. The van der Waals surface area contributed by atoms with Crippen LogP contribution in [0.5, 0.6) is 5.75 Å². The molecule has 0 unspecified atom stereocenters. The Morgan fingerprint density at radius 1 is 1.10 bits per heavy atom. The summed E-state index contributed by atoms with van der Waals surface area (Å²) >= 11 is 0. The van der Waals surface area contributed by atoms with Crippen molar-refractivity contribution in [1.82, 2.24) is 9.80 Å². The van der Waals surface area contributed by atoms with Gasteiger partial charge in [-0.05, 0) is 63.4 Å². The van der Waals surface area contributed by atoms with Crippen molar-refractivity contribution in [2.24, 2.45) is 17.6 Å². The normalized spacial score (nSPS) is 27.8. The van der Waals surface area contributed by atoms with E-state index in [1.54, 1.807) is 14.1 Å². The molecular weight excluding hydrogens is 522 g/mol. The van der Waals surface area contributed by atoms with Crippen molar-refractivity contribution in [1.29, 1.82) is 0 Å². The smallest absolute Gasteiger partial charge is 0.255 e. The number of rotatable bonds is 6. The molecule has 0 bridgehead atoms. The number of ketones is 3. The van der Waals surface area contributed by atoms with Gasteiger partial charge in [0.2, 0.25) is 11.7 Å². The van der Waals surface area contributed by atoms with Gasteiger partial charge in [0.1, 0.15) is 22.8 Å². The number of carbonyl (C=O) groups excluding carboxylic acids is 5. The molecule has 0 radical (unpaired) electrons. The van der Waals surface area contributed by atoms with Gasteiger partial charge in [-0.15, -0.1) is 0 Å². The quantitative estimate of drug-likeness (QED) is 0.241. The first-order valence-corrected chi connectivity index (χ1v) is 13.0. The molecule has 5 rings (SSSR count). The van der Waals surface area contributed by atoms with Crippen LogP contribution < -0.4 is 5.73 Å². The van der Waals surface area contributed by atoms with E-state index < -0.39 is 69.6 Å². The van der Waals surface area contributed by atoms with Crippen LogP contribution in [0.15, 0.2) is 34.8 Å². The summed E-state index contributed by atoms with van der Waals surface area (Å²) in [5, 5.41) is 44.5. The highest BCUT2D eigenvalue weighted by Gasteiger charge is 2.63. The first-order chi connectivity index (χ1) is 18.7. The molecule has 1 fully saturated rings. The number of amides is 2. The van der Waals surface area contributed by atoms with Crippen molar-refractivity contribution < 1.29 is 44.4 Å². The molecule has 0 heterocycles. The third-order valence-electron chi connectivity index (χ3n) is 8.61. The number of nitrogens with two attached hydrogens (primary N) is 1. The van der Waals surface area contributed by atoms with Crippen LogP contribution in [0.4, 0.5) is 0 Å². The van der Waals surface area contributed by atoms with Crippen LogP contribution >= 0.6 is 0 Å². The zero-order valence-corrected chi connectivity index (χ0v) is 22.3. The lowest BCUT2D eigenvalue weighted by Gasteiger charge is -2.50. The third kappa shape index (κ3) is 3.85. The van der Waals surface area contributed by atoms with Crippen molar-refractivity contribution >= 4 is 29.2 Å². The standard InChI is InChI=1S/C28H31N3O9/c1-11(32)31(13-4-5-13)10-18(34)14-6-7-17(33)20-15(14)8-12-9-16-22(30(2)3)24(36)21(27(29)39)26(38)28(16,40)25(37)19(12)23(20)35/h6-7,12-13,16,22,33,36-37,40H,4-5,8-10H2,1-3H3,(H2,29,39)/t12-,16-,22-,28-/m0/s1. The molecule has 6 N–H and O–H groups in total. The Kier molecular flexibility index (Phi) is 6.38. The Hall–Kier alpha value is -4.03. The number of benzene rings is 1. The molecule has 0 aliphatic heterocycles. The fourth-order valence-electron chi connectivity index (χ4n) is 6.64. The Morgan fingerprint density at radius 3 is 2.30 bits per heavy atom. The van der Waals surface area contributed by atoms with Crippen LogP contribution in [-0.2, 0) is 20.8 Å². The second-order valence-electron chi connectivity index (χ2n) is 11.3. The Balaban J connectivity index is 1.63. The topological polar surface area (TPSA) is 199 Å². The number of hydrogen-bond donors (Lipinski definition) is 5. The Bertz CT molecular complexity index is 1450. The van der Waals surface area contributed by atoms with E-state index in [1.807, 2.05) is 0 Å². The van der Waals surface area contributed by atoms with Gasteiger partial charge >= 0.3 is 0 Å². The van der Waals surface area contributed by atoms with Crippen molar-refractivity contribution in [3.8, 4) is 5.75 Å². The number of aliphatic hydroxyl groups excluding tert-OH is 2. The lowest BCUT2D eigenvalue weighted by atomic mass is 9.58. The number of primary amides is 1. The minimum Gasteiger partial charge on any atom is -0.510 e. The maximum atomic E-state index is 13.8. The number of hydrogen-bond acceptors (Lipinski definition) is 10. The third-order valence-corrected chi connectivity index (χ3v) is 8.61. The van der Waals surface area contributed by atoms with Crippen molar-refractivity contribution in [3.63, 3.8) is 0 Å². The van der Waals surface area contributed by atoms with Gasteiger partial charge in [0.05, 0.1) is 18.2 Å². The summed E-state index contributed by atoms with van der Waals surface area (Å²) < 4.78 is 0. The summed E-state index contributed by atoms with van der Waals surface area (Å²) in [5.41, 5.74) is 1.56. The van der Waals surface area contributed by atoms with Crippen LogP contribution in [0, 0.1) is 11.8 Å². The van der Waals surface area contributed by atoms with Crippen LogP contribution in [0.25, 0.3) is 0 Å². The molecule has 212 valence electrons. The molecule has 12 nitrogen and oxygen atoms in total. The molecular formula is C28H31N3O9. The fourth-order valence-corrected chi connectivity index (χ4v) is 6.64. The van der Waals surface area contributed by atoms with Crippen molar-refractivity contribution in [2.75, 3.05) is 20.6 Å². The summed E-state index contributed by atoms with van der Waals surface area (Å²) in [4.78, 5) is 67.7. The Morgan fingerprint density at radius 2 is 1.75 bits per heavy atom. The second-order valence-corrected chi connectivity index (χ2v) is 11.3. The molecule has 12 heteroatoms. The summed E-state index contributed by atoms with van der Waals surface area (Å²) in [6.07, 6.45) is 1.50. The van der Waals surface area contributed by atoms with Gasteiger partial charge in [-0.25, -0.2) is 0 Å². The van der Waals surface area contributed by atoms with E-state index in [0.29, 0.717) is 0 Å².